The quantitative estimate of drug-likeness (QED) is 0.333. The number of hydrogen-bond acceptors (Lipinski definition) is 6. The number of anilines is 2. The van der Waals surface area contributed by atoms with E-state index in [2.05, 4.69) is 15.3 Å². The predicted molar refractivity (Wildman–Crippen MR) is 155 cm³/mol. The van der Waals surface area contributed by atoms with Crippen LogP contribution in [0.25, 0.3) is 10.8 Å². The molecule has 4 heterocycles. The number of carboxylic acid groups (broad SMARTS) is 1. The third-order valence-corrected chi connectivity index (χ3v) is 8.47. The second-order valence-electron chi connectivity index (χ2n) is 11.5. The summed E-state index contributed by atoms with van der Waals surface area (Å²) >= 11 is 6.47. The highest BCUT2D eigenvalue weighted by Gasteiger charge is 2.34. The number of rotatable bonds is 5. The maximum Gasteiger partial charge on any atom is 0.413 e. The van der Waals surface area contributed by atoms with Gasteiger partial charge in [0.1, 0.15) is 17.7 Å². The fourth-order valence-electron chi connectivity index (χ4n) is 5.89. The smallest absolute Gasteiger partial charge is 0.413 e. The molecule has 1 unspecified atom stereocenters. The summed E-state index contributed by atoms with van der Waals surface area (Å²) in [6, 6.07) is 3.35. The van der Waals surface area contributed by atoms with Crippen molar-refractivity contribution in [2.75, 3.05) is 30.0 Å². The number of halogens is 2. The maximum absolute atomic E-state index is 15.6. The second-order valence-corrected chi connectivity index (χ2v) is 11.9. The Balaban J connectivity index is 1.44. The number of carbonyl (C=O) groups is 2. The van der Waals surface area contributed by atoms with E-state index in [-0.39, 0.29) is 29.3 Å². The third-order valence-electron chi connectivity index (χ3n) is 8.10. The number of pyridine rings is 2. The molecular formula is C30H34ClFN4O5. The molecule has 0 saturated carbocycles. The van der Waals surface area contributed by atoms with Crippen LogP contribution in [0.3, 0.4) is 0 Å². The standard InChI is InChI=1S/C30H34ClFN4O5/c1-16-5-8-36(29(38)39)27-17(2)22(15-34-26(16)27)30(3,4)13-19-11-18-12-23(33-14-21(18)24(31)25(19)32)35-28(37)41-20-6-9-40-10-7-20/h11-12,14-16,20H,5-10,13H2,1-4H3,(H,38,39)(H,33,35,37). The number of ether oxygens (including phenoxy) is 2. The zero-order chi connectivity index (χ0) is 29.5. The van der Waals surface area contributed by atoms with Gasteiger partial charge in [-0.05, 0) is 59.4 Å². The highest BCUT2D eigenvalue weighted by Crippen LogP contribution is 2.42. The molecule has 2 aliphatic rings. The minimum Gasteiger partial charge on any atom is -0.465 e. The fraction of sp³-hybridized carbons (Fsp3) is 0.467. The predicted octanol–water partition coefficient (Wildman–Crippen LogP) is 6.97. The summed E-state index contributed by atoms with van der Waals surface area (Å²) in [5.74, 6) is -0.142. The van der Waals surface area contributed by atoms with Crippen molar-refractivity contribution in [1.29, 1.82) is 0 Å². The fourth-order valence-corrected chi connectivity index (χ4v) is 6.17. The SMILES string of the molecule is Cc1c(C(C)(C)Cc2cc3cc(NC(=O)OC4CCOCC4)ncc3c(Cl)c2F)cnc2c1N(C(=O)O)CCC2C. The van der Waals surface area contributed by atoms with E-state index in [0.717, 1.165) is 16.8 Å². The van der Waals surface area contributed by atoms with E-state index >= 15 is 4.39 Å². The summed E-state index contributed by atoms with van der Waals surface area (Å²) in [5.41, 5.74) is 2.80. The average molecular weight is 585 g/mol. The summed E-state index contributed by atoms with van der Waals surface area (Å²) in [6.45, 7) is 9.40. The zero-order valence-corrected chi connectivity index (χ0v) is 24.3. The number of hydrogen-bond donors (Lipinski definition) is 2. The molecule has 0 spiro atoms. The molecule has 2 aliphatic heterocycles. The van der Waals surface area contributed by atoms with Crippen LogP contribution < -0.4 is 10.2 Å². The van der Waals surface area contributed by atoms with E-state index in [1.807, 2.05) is 27.7 Å². The van der Waals surface area contributed by atoms with Gasteiger partial charge < -0.3 is 14.6 Å². The number of nitrogens with one attached hydrogen (secondary N) is 1. The van der Waals surface area contributed by atoms with Crippen LogP contribution in [0.5, 0.6) is 0 Å². The maximum atomic E-state index is 15.6. The lowest BCUT2D eigenvalue weighted by Crippen LogP contribution is -2.37. The Morgan fingerprint density at radius 1 is 1.22 bits per heavy atom. The van der Waals surface area contributed by atoms with E-state index in [0.29, 0.717) is 61.0 Å². The summed E-state index contributed by atoms with van der Waals surface area (Å²) in [4.78, 5) is 34.7. The van der Waals surface area contributed by atoms with E-state index in [1.54, 1.807) is 18.3 Å². The van der Waals surface area contributed by atoms with Gasteiger partial charge in [0.05, 0.1) is 29.6 Å². The first kappa shape index (κ1) is 29.0. The topological polar surface area (TPSA) is 114 Å². The molecule has 9 nitrogen and oxygen atoms in total. The van der Waals surface area contributed by atoms with Gasteiger partial charge in [0.2, 0.25) is 0 Å². The molecule has 2 aromatic heterocycles. The van der Waals surface area contributed by atoms with E-state index in [4.69, 9.17) is 21.1 Å². The number of aromatic nitrogens is 2. The van der Waals surface area contributed by atoms with Crippen molar-refractivity contribution in [2.24, 2.45) is 0 Å². The molecule has 1 saturated heterocycles. The summed E-state index contributed by atoms with van der Waals surface area (Å²) in [7, 11) is 0. The molecule has 0 bridgehead atoms. The summed E-state index contributed by atoms with van der Waals surface area (Å²) < 4.78 is 26.3. The van der Waals surface area contributed by atoms with Gasteiger partial charge in [0, 0.05) is 43.1 Å². The monoisotopic (exact) mass is 584 g/mol. The highest BCUT2D eigenvalue weighted by molar-refractivity contribution is 6.35. The Kier molecular flexibility index (Phi) is 8.07. The van der Waals surface area contributed by atoms with Crippen molar-refractivity contribution in [3.63, 3.8) is 0 Å². The largest absolute Gasteiger partial charge is 0.465 e. The van der Waals surface area contributed by atoms with Crippen molar-refractivity contribution < 1.29 is 28.6 Å². The van der Waals surface area contributed by atoms with Crippen LogP contribution in [-0.2, 0) is 21.3 Å². The molecule has 0 aliphatic carbocycles. The van der Waals surface area contributed by atoms with Gasteiger partial charge in [-0.15, -0.1) is 0 Å². The molecule has 218 valence electrons. The lowest BCUT2D eigenvalue weighted by atomic mass is 9.76. The molecule has 41 heavy (non-hydrogen) atoms. The van der Waals surface area contributed by atoms with Crippen molar-refractivity contribution >= 4 is 46.1 Å². The number of carbonyl (C=O) groups excluding carboxylic acids is 1. The van der Waals surface area contributed by atoms with Crippen molar-refractivity contribution in [1.82, 2.24) is 9.97 Å². The Morgan fingerprint density at radius 3 is 2.66 bits per heavy atom. The van der Waals surface area contributed by atoms with Crippen LogP contribution in [0.15, 0.2) is 24.5 Å². The van der Waals surface area contributed by atoms with Crippen LogP contribution in [-0.4, -0.2) is 53.1 Å². The molecule has 11 heteroatoms. The molecule has 2 N–H and O–H groups in total. The first-order valence-corrected chi connectivity index (χ1v) is 14.2. The second kappa shape index (κ2) is 11.4. The summed E-state index contributed by atoms with van der Waals surface area (Å²) in [6.07, 6.45) is 3.63. The van der Waals surface area contributed by atoms with Gasteiger partial charge in [-0.3, -0.25) is 15.2 Å². The van der Waals surface area contributed by atoms with Crippen LogP contribution >= 0.6 is 11.6 Å². The molecule has 1 fully saturated rings. The minimum absolute atomic E-state index is 0.0525. The molecule has 1 aromatic carbocycles. The van der Waals surface area contributed by atoms with Gasteiger partial charge in [-0.25, -0.2) is 19.0 Å². The Labute approximate surface area is 243 Å². The molecule has 2 amide bonds. The third kappa shape index (κ3) is 5.81. The van der Waals surface area contributed by atoms with Crippen LogP contribution in [0.1, 0.15) is 68.3 Å². The van der Waals surface area contributed by atoms with Gasteiger partial charge in [0.15, 0.2) is 0 Å². The van der Waals surface area contributed by atoms with Crippen molar-refractivity contribution in [3.05, 3.63) is 57.8 Å². The van der Waals surface area contributed by atoms with Gasteiger partial charge in [0.25, 0.3) is 0 Å². The lowest BCUT2D eigenvalue weighted by Gasteiger charge is -2.35. The van der Waals surface area contributed by atoms with Gasteiger partial charge >= 0.3 is 12.2 Å². The molecular weight excluding hydrogens is 551 g/mol. The first-order valence-electron chi connectivity index (χ1n) is 13.8. The highest BCUT2D eigenvalue weighted by atomic mass is 35.5. The first-order chi connectivity index (χ1) is 19.5. The Morgan fingerprint density at radius 2 is 1.95 bits per heavy atom. The zero-order valence-electron chi connectivity index (χ0n) is 23.6. The molecule has 5 rings (SSSR count). The normalized spacial score (nSPS) is 17.8. The Bertz CT molecular complexity index is 1510. The number of fused-ring (bicyclic) bond motifs is 2. The average Bonchev–Trinajstić information content (AvgIpc) is 2.92. The number of amides is 2. The Hall–Kier alpha value is -3.50. The molecule has 3 aromatic rings. The van der Waals surface area contributed by atoms with Crippen LogP contribution in [0.2, 0.25) is 5.02 Å². The van der Waals surface area contributed by atoms with Crippen LogP contribution in [0, 0.1) is 12.7 Å². The van der Waals surface area contributed by atoms with E-state index in [1.165, 1.54) is 11.1 Å². The van der Waals surface area contributed by atoms with Crippen molar-refractivity contribution in [2.45, 2.75) is 70.8 Å². The van der Waals surface area contributed by atoms with Gasteiger partial charge in [-0.2, -0.15) is 0 Å². The molecule has 1 atom stereocenters. The van der Waals surface area contributed by atoms with Gasteiger partial charge in [-0.1, -0.05) is 32.4 Å². The van der Waals surface area contributed by atoms with E-state index < -0.39 is 23.4 Å². The van der Waals surface area contributed by atoms with Crippen LogP contribution in [0.4, 0.5) is 25.5 Å². The number of nitrogens with zero attached hydrogens (tertiary/aromatic N) is 3. The summed E-state index contributed by atoms with van der Waals surface area (Å²) in [5, 5.41) is 13.5. The van der Waals surface area contributed by atoms with Crippen molar-refractivity contribution in [3.8, 4) is 0 Å². The number of benzene rings is 1. The lowest BCUT2D eigenvalue weighted by molar-refractivity contribution is 0.00590. The van der Waals surface area contributed by atoms with E-state index in [9.17, 15) is 14.7 Å². The molecule has 0 radical (unpaired) electrons. The minimum atomic E-state index is -1.01.